The summed E-state index contributed by atoms with van der Waals surface area (Å²) in [5.41, 5.74) is 7.39. The number of piperidine rings is 1. The van der Waals surface area contributed by atoms with Crippen molar-refractivity contribution in [1.82, 2.24) is 19.6 Å². The first kappa shape index (κ1) is 27.1. The number of likely N-dealkylation sites (tertiary alicyclic amines) is 1. The number of amidine groups is 1. The summed E-state index contributed by atoms with van der Waals surface area (Å²) in [6.45, 7) is 2.31. The molecule has 4 aromatic rings. The predicted octanol–water partition coefficient (Wildman–Crippen LogP) is 6.19. The third-order valence-electron chi connectivity index (χ3n) is 9.85. The molecule has 2 aliphatic carbocycles. The van der Waals surface area contributed by atoms with Gasteiger partial charge in [-0.25, -0.2) is 0 Å². The second kappa shape index (κ2) is 10.6. The minimum atomic E-state index is -0.525. The van der Waals surface area contributed by atoms with Gasteiger partial charge in [0, 0.05) is 49.9 Å². The van der Waals surface area contributed by atoms with E-state index in [0.29, 0.717) is 18.4 Å². The number of amides is 2. The summed E-state index contributed by atoms with van der Waals surface area (Å²) in [5.74, 6) is 1.99. The van der Waals surface area contributed by atoms with Crippen molar-refractivity contribution >= 4 is 17.6 Å². The van der Waals surface area contributed by atoms with E-state index in [2.05, 4.69) is 77.9 Å². The Morgan fingerprint density at radius 1 is 0.750 bits per heavy atom. The molecule has 222 valence electrons. The fourth-order valence-corrected chi connectivity index (χ4v) is 6.77. The van der Waals surface area contributed by atoms with Gasteiger partial charge in [0.25, 0.3) is 5.91 Å². The highest BCUT2D eigenvalue weighted by Crippen LogP contribution is 2.46. The van der Waals surface area contributed by atoms with Crippen LogP contribution in [0.25, 0.3) is 33.4 Å². The molecule has 2 amide bonds. The molecule has 0 radical (unpaired) electrons. The highest BCUT2D eigenvalue weighted by Gasteiger charge is 2.57. The topological polar surface area (TPSA) is 70.8 Å². The van der Waals surface area contributed by atoms with Gasteiger partial charge in [0.05, 0.1) is 6.20 Å². The fourth-order valence-electron chi connectivity index (χ4n) is 6.77. The molecule has 3 fully saturated rings. The van der Waals surface area contributed by atoms with E-state index in [-0.39, 0.29) is 11.8 Å². The Bertz CT molecular complexity index is 1740. The molecule has 1 aromatic heterocycles. The van der Waals surface area contributed by atoms with E-state index in [1.54, 1.807) is 0 Å². The second-order valence-electron chi connectivity index (χ2n) is 13.1. The molecule has 0 bridgehead atoms. The van der Waals surface area contributed by atoms with Crippen LogP contribution in [-0.2, 0) is 16.6 Å². The van der Waals surface area contributed by atoms with Gasteiger partial charge in [-0.1, -0.05) is 72.8 Å². The molecule has 0 unspecified atom stereocenters. The van der Waals surface area contributed by atoms with Crippen molar-refractivity contribution < 1.29 is 9.59 Å². The molecule has 7 nitrogen and oxygen atoms in total. The highest BCUT2D eigenvalue weighted by atomic mass is 16.2. The monoisotopic (exact) mass is 583 g/mol. The van der Waals surface area contributed by atoms with Gasteiger partial charge in [0.1, 0.15) is 11.4 Å². The van der Waals surface area contributed by atoms with Crippen molar-refractivity contribution in [2.45, 2.75) is 44.1 Å². The van der Waals surface area contributed by atoms with E-state index in [1.165, 1.54) is 11.1 Å². The lowest BCUT2D eigenvalue weighted by molar-refractivity contribution is -0.134. The van der Waals surface area contributed by atoms with Crippen LogP contribution in [0.3, 0.4) is 0 Å². The van der Waals surface area contributed by atoms with Gasteiger partial charge in [0.2, 0.25) is 5.91 Å². The number of aliphatic imine (C=N–C) groups is 1. The van der Waals surface area contributed by atoms with Crippen LogP contribution in [0.15, 0.2) is 90.2 Å². The number of hydrogen-bond donors (Lipinski definition) is 0. The van der Waals surface area contributed by atoms with Crippen molar-refractivity contribution in [1.29, 1.82) is 0 Å². The summed E-state index contributed by atoms with van der Waals surface area (Å²) in [6, 6.07) is 25.8. The summed E-state index contributed by atoms with van der Waals surface area (Å²) in [4.78, 5) is 35.0. The molecule has 7 heteroatoms. The van der Waals surface area contributed by atoms with Crippen LogP contribution >= 0.6 is 0 Å². The number of benzene rings is 3. The molecule has 44 heavy (non-hydrogen) atoms. The van der Waals surface area contributed by atoms with E-state index in [1.807, 2.05) is 33.9 Å². The van der Waals surface area contributed by atoms with Gasteiger partial charge in [-0.15, -0.1) is 0 Å². The van der Waals surface area contributed by atoms with Crippen LogP contribution in [0.4, 0.5) is 0 Å². The Morgan fingerprint density at radius 2 is 1.25 bits per heavy atom. The van der Waals surface area contributed by atoms with E-state index in [9.17, 15) is 9.59 Å². The molecule has 1 spiro atoms. The number of aromatic nitrogens is 2. The average Bonchev–Trinajstić information content (AvgIpc) is 4.00. The van der Waals surface area contributed by atoms with Gasteiger partial charge < -0.3 is 4.90 Å². The minimum absolute atomic E-state index is 0.164. The van der Waals surface area contributed by atoms with Crippen molar-refractivity contribution in [3.8, 4) is 33.4 Å². The quantitative estimate of drug-likeness (QED) is 0.261. The first-order chi connectivity index (χ1) is 21.5. The van der Waals surface area contributed by atoms with Crippen molar-refractivity contribution in [3.05, 3.63) is 90.8 Å². The number of carbonyl (C=O) groups is 2. The van der Waals surface area contributed by atoms with Crippen LogP contribution in [0, 0.1) is 11.8 Å². The number of aryl methyl sites for hydroxylation is 1. The van der Waals surface area contributed by atoms with Crippen LogP contribution in [-0.4, -0.2) is 62.4 Å². The van der Waals surface area contributed by atoms with Gasteiger partial charge in [0.15, 0.2) is 0 Å². The van der Waals surface area contributed by atoms with E-state index < -0.39 is 5.54 Å². The van der Waals surface area contributed by atoms with Crippen LogP contribution < -0.4 is 0 Å². The third-order valence-corrected chi connectivity index (χ3v) is 9.85. The standard InChI is InChI=1S/C37H37N5O2/c1-40-24-33(22-38-40)30-8-6-28(7-9-30)26-2-4-27(5-3-26)29-10-12-31(13-11-29)34-39-37(18-19-37)36(44)42(34)23-25-16-20-41(21-17-25)35(43)32-14-15-32/h2-13,22,24-25,32H,14-21,23H2,1H3. The van der Waals surface area contributed by atoms with Crippen molar-refractivity contribution in [3.63, 3.8) is 0 Å². The summed E-state index contributed by atoms with van der Waals surface area (Å²) < 4.78 is 1.82. The van der Waals surface area contributed by atoms with Gasteiger partial charge in [-0.2, -0.15) is 5.10 Å². The SMILES string of the molecule is Cn1cc(-c2ccc(-c3ccc(-c4ccc(C5=NC6(CC6)C(=O)N5CC5CCN(C(=O)C6CC6)CC5)cc4)cc3)cc2)cn1. The molecule has 2 aliphatic heterocycles. The maximum atomic E-state index is 13.5. The van der Waals surface area contributed by atoms with E-state index in [4.69, 9.17) is 4.99 Å². The maximum Gasteiger partial charge on any atom is 0.256 e. The Labute approximate surface area is 258 Å². The normalized spacial score (nSPS) is 19.5. The molecule has 8 rings (SSSR count). The lowest BCUT2D eigenvalue weighted by Gasteiger charge is -2.34. The third kappa shape index (κ3) is 5.04. The van der Waals surface area contributed by atoms with Crippen molar-refractivity contribution in [2.75, 3.05) is 19.6 Å². The molecule has 4 aliphatic rings. The predicted molar refractivity (Wildman–Crippen MR) is 172 cm³/mol. The summed E-state index contributed by atoms with van der Waals surface area (Å²) >= 11 is 0. The fraction of sp³-hybridized carbons (Fsp3) is 0.351. The Balaban J connectivity index is 0.950. The van der Waals surface area contributed by atoms with Crippen LogP contribution in [0.2, 0.25) is 0 Å². The largest absolute Gasteiger partial charge is 0.342 e. The highest BCUT2D eigenvalue weighted by molar-refractivity contribution is 6.16. The Hall–Kier alpha value is -4.52. The Morgan fingerprint density at radius 3 is 1.70 bits per heavy atom. The molecule has 0 N–H and O–H groups in total. The molecule has 1 saturated heterocycles. The molecule has 3 heterocycles. The van der Waals surface area contributed by atoms with E-state index in [0.717, 1.165) is 85.3 Å². The zero-order valence-electron chi connectivity index (χ0n) is 25.2. The van der Waals surface area contributed by atoms with Crippen LogP contribution in [0.5, 0.6) is 0 Å². The second-order valence-corrected chi connectivity index (χ2v) is 13.1. The van der Waals surface area contributed by atoms with Gasteiger partial charge in [-0.05, 0) is 72.3 Å². The number of carbonyl (C=O) groups excluding carboxylic acids is 2. The number of nitrogens with zero attached hydrogens (tertiary/aromatic N) is 5. The summed E-state index contributed by atoms with van der Waals surface area (Å²) in [6.07, 6.45) is 9.60. The lowest BCUT2D eigenvalue weighted by atomic mass is 9.95. The molecule has 2 saturated carbocycles. The first-order valence-electron chi connectivity index (χ1n) is 16.0. The van der Waals surface area contributed by atoms with E-state index >= 15 is 0 Å². The summed E-state index contributed by atoms with van der Waals surface area (Å²) in [5, 5.41) is 4.27. The lowest BCUT2D eigenvalue weighted by Crippen LogP contribution is -2.45. The molecular formula is C37H37N5O2. The smallest absolute Gasteiger partial charge is 0.256 e. The number of rotatable bonds is 7. The van der Waals surface area contributed by atoms with Gasteiger partial charge >= 0.3 is 0 Å². The molecule has 0 atom stereocenters. The van der Waals surface area contributed by atoms with Gasteiger partial charge in [-0.3, -0.25) is 24.2 Å². The first-order valence-corrected chi connectivity index (χ1v) is 16.0. The zero-order valence-corrected chi connectivity index (χ0v) is 25.2. The van der Waals surface area contributed by atoms with Crippen molar-refractivity contribution in [2.24, 2.45) is 23.9 Å². The minimum Gasteiger partial charge on any atom is -0.342 e. The zero-order chi connectivity index (χ0) is 29.8. The molecular weight excluding hydrogens is 546 g/mol. The Kier molecular flexibility index (Phi) is 6.51. The summed E-state index contributed by atoms with van der Waals surface area (Å²) in [7, 11) is 1.93. The average molecular weight is 584 g/mol. The number of hydrogen-bond acceptors (Lipinski definition) is 4. The molecule has 3 aromatic carbocycles. The maximum absolute atomic E-state index is 13.5. The van der Waals surface area contributed by atoms with Crippen LogP contribution in [0.1, 0.15) is 44.1 Å².